The smallest absolute Gasteiger partial charge is 0.338 e. The molecule has 1 aliphatic heterocycles. The number of hydrogen-bond donors (Lipinski definition) is 1. The van der Waals surface area contributed by atoms with Crippen molar-refractivity contribution in [3.63, 3.8) is 0 Å². The third-order valence-electron chi connectivity index (χ3n) is 6.41. The summed E-state index contributed by atoms with van der Waals surface area (Å²) in [6, 6.07) is 28.2. The predicted octanol–water partition coefficient (Wildman–Crippen LogP) is 4.31. The van der Waals surface area contributed by atoms with E-state index in [4.69, 9.17) is 18.9 Å². The maximum absolute atomic E-state index is 12.6. The Balaban J connectivity index is 1.51. The second-order valence-electron chi connectivity index (χ2n) is 8.98. The van der Waals surface area contributed by atoms with Crippen molar-refractivity contribution >= 4 is 11.9 Å². The van der Waals surface area contributed by atoms with Gasteiger partial charge >= 0.3 is 11.9 Å². The molecule has 7 heteroatoms. The normalized spacial score (nSPS) is 20.9. The molecule has 194 valence electrons. The molecule has 0 aromatic heterocycles. The highest BCUT2D eigenvalue weighted by molar-refractivity contribution is 5.89. The summed E-state index contributed by atoms with van der Waals surface area (Å²) < 4.78 is 23.3. The summed E-state index contributed by atoms with van der Waals surface area (Å²) in [4.78, 5) is 24.5. The van der Waals surface area contributed by atoms with Gasteiger partial charge in [-0.2, -0.15) is 0 Å². The maximum atomic E-state index is 12.6. The lowest BCUT2D eigenvalue weighted by atomic mass is 10.0. The van der Waals surface area contributed by atoms with Gasteiger partial charge in [0.05, 0.1) is 31.9 Å². The fourth-order valence-corrected chi connectivity index (χ4v) is 4.47. The van der Waals surface area contributed by atoms with E-state index in [9.17, 15) is 9.59 Å². The van der Waals surface area contributed by atoms with Crippen molar-refractivity contribution in [2.75, 3.05) is 13.7 Å². The first-order chi connectivity index (χ1) is 18.1. The van der Waals surface area contributed by atoms with Gasteiger partial charge in [-0.1, -0.05) is 78.9 Å². The largest absolute Gasteiger partial charge is 0.469 e. The van der Waals surface area contributed by atoms with Crippen molar-refractivity contribution in [2.45, 2.75) is 50.3 Å². The van der Waals surface area contributed by atoms with Crippen molar-refractivity contribution in [1.29, 1.82) is 0 Å². The molecule has 3 aromatic carbocycles. The minimum absolute atomic E-state index is 0.104. The van der Waals surface area contributed by atoms with Crippen LogP contribution in [0.15, 0.2) is 91.0 Å². The number of esters is 2. The van der Waals surface area contributed by atoms with Gasteiger partial charge in [0.2, 0.25) is 0 Å². The van der Waals surface area contributed by atoms with Crippen LogP contribution in [0.3, 0.4) is 0 Å². The van der Waals surface area contributed by atoms with Gasteiger partial charge in [0.1, 0.15) is 18.8 Å². The second-order valence-corrected chi connectivity index (χ2v) is 8.98. The first kappa shape index (κ1) is 26.5. The number of ether oxygens (including phenoxy) is 4. The van der Waals surface area contributed by atoms with Crippen molar-refractivity contribution < 1.29 is 28.5 Å². The molecule has 0 aliphatic carbocycles. The van der Waals surface area contributed by atoms with Crippen LogP contribution < -0.4 is 5.32 Å². The number of carbonyl (C=O) groups is 2. The van der Waals surface area contributed by atoms with Crippen LogP contribution in [0.1, 0.15) is 34.3 Å². The molecule has 0 saturated carbocycles. The van der Waals surface area contributed by atoms with Crippen LogP contribution in [0.4, 0.5) is 0 Å². The highest BCUT2D eigenvalue weighted by Gasteiger charge is 2.45. The standard InChI is InChI=1S/C30H33NO6/c1-34-27(32)18-17-25-28(35-19-22-11-5-2-6-12-22)29(36-20-23-13-7-3-8-14-23)26(31-25)21-37-30(33)24-15-9-4-10-16-24/h2-16,25-26,28-29,31H,17-21H2,1H3/t25-,26-,28+,29-/m1/s1. The molecule has 3 aromatic rings. The summed E-state index contributed by atoms with van der Waals surface area (Å²) in [7, 11) is 1.38. The van der Waals surface area contributed by atoms with Crippen LogP contribution in [0.25, 0.3) is 0 Å². The third kappa shape index (κ3) is 7.73. The van der Waals surface area contributed by atoms with Crippen molar-refractivity contribution in [1.82, 2.24) is 5.32 Å². The van der Waals surface area contributed by atoms with E-state index in [1.165, 1.54) is 7.11 Å². The van der Waals surface area contributed by atoms with E-state index < -0.39 is 12.1 Å². The fraction of sp³-hybridized carbons (Fsp3) is 0.333. The van der Waals surface area contributed by atoms with Crippen LogP contribution in [0.2, 0.25) is 0 Å². The molecule has 1 aliphatic rings. The molecule has 7 nitrogen and oxygen atoms in total. The Kier molecular flexibility index (Phi) is 9.82. The maximum Gasteiger partial charge on any atom is 0.338 e. The van der Waals surface area contributed by atoms with Crippen molar-refractivity contribution in [2.24, 2.45) is 0 Å². The molecule has 4 atom stereocenters. The van der Waals surface area contributed by atoms with E-state index in [1.54, 1.807) is 24.3 Å². The number of rotatable bonds is 12. The lowest BCUT2D eigenvalue weighted by Crippen LogP contribution is -2.40. The van der Waals surface area contributed by atoms with E-state index >= 15 is 0 Å². The Morgan fingerprint density at radius 2 is 1.24 bits per heavy atom. The highest BCUT2D eigenvalue weighted by atomic mass is 16.6. The third-order valence-corrected chi connectivity index (χ3v) is 6.41. The van der Waals surface area contributed by atoms with Crippen molar-refractivity contribution in [3.05, 3.63) is 108 Å². The molecule has 0 bridgehead atoms. The first-order valence-electron chi connectivity index (χ1n) is 12.5. The average Bonchev–Trinajstić information content (AvgIpc) is 3.29. The summed E-state index contributed by atoms with van der Waals surface area (Å²) in [5.74, 6) is -0.687. The van der Waals surface area contributed by atoms with Crippen LogP contribution in [0, 0.1) is 0 Å². The predicted molar refractivity (Wildman–Crippen MR) is 139 cm³/mol. The fourth-order valence-electron chi connectivity index (χ4n) is 4.47. The summed E-state index contributed by atoms with van der Waals surface area (Å²) in [6.07, 6.45) is -0.0361. The highest BCUT2D eigenvalue weighted by Crippen LogP contribution is 2.27. The molecule has 1 saturated heterocycles. The van der Waals surface area contributed by atoms with E-state index in [-0.39, 0.29) is 37.2 Å². The Hall–Kier alpha value is -3.52. The number of methoxy groups -OCH3 is 1. The van der Waals surface area contributed by atoms with Gasteiger partial charge in [0.25, 0.3) is 0 Å². The van der Waals surface area contributed by atoms with Crippen molar-refractivity contribution in [3.8, 4) is 0 Å². The SMILES string of the molecule is COC(=O)CC[C@H]1N[C@H](COC(=O)c2ccccc2)[C@@H](OCc2ccccc2)[C@H]1OCc1ccccc1. The molecule has 4 rings (SSSR count). The Morgan fingerprint density at radius 3 is 1.78 bits per heavy atom. The van der Waals surface area contributed by atoms with E-state index in [0.29, 0.717) is 25.2 Å². The topological polar surface area (TPSA) is 83.1 Å². The first-order valence-corrected chi connectivity index (χ1v) is 12.5. The Morgan fingerprint density at radius 1 is 0.730 bits per heavy atom. The zero-order valence-corrected chi connectivity index (χ0v) is 21.0. The summed E-state index contributed by atoms with van der Waals surface area (Å²) in [5, 5.41) is 3.51. The lowest BCUT2D eigenvalue weighted by molar-refractivity contribution is -0.141. The average molecular weight is 504 g/mol. The van der Waals surface area contributed by atoms with Crippen LogP contribution in [-0.2, 0) is 37.0 Å². The van der Waals surface area contributed by atoms with Gasteiger partial charge in [-0.05, 0) is 29.7 Å². The van der Waals surface area contributed by atoms with Gasteiger partial charge in [0.15, 0.2) is 0 Å². The number of nitrogens with one attached hydrogen (secondary N) is 1. The number of carbonyl (C=O) groups excluding carboxylic acids is 2. The van der Waals surface area contributed by atoms with Gasteiger partial charge in [0, 0.05) is 12.5 Å². The quantitative estimate of drug-likeness (QED) is 0.369. The summed E-state index contributed by atoms with van der Waals surface area (Å²) in [5.41, 5.74) is 2.55. The molecule has 1 heterocycles. The molecular weight excluding hydrogens is 470 g/mol. The van der Waals surface area contributed by atoms with Crippen LogP contribution >= 0.6 is 0 Å². The zero-order valence-electron chi connectivity index (χ0n) is 21.0. The molecule has 1 N–H and O–H groups in total. The molecular formula is C30H33NO6. The zero-order chi connectivity index (χ0) is 25.9. The molecule has 0 amide bonds. The molecule has 0 spiro atoms. The van der Waals surface area contributed by atoms with E-state index in [0.717, 1.165) is 11.1 Å². The van der Waals surface area contributed by atoms with Gasteiger partial charge in [-0.25, -0.2) is 4.79 Å². The minimum atomic E-state index is -0.407. The minimum Gasteiger partial charge on any atom is -0.469 e. The van der Waals surface area contributed by atoms with Gasteiger partial charge < -0.3 is 24.3 Å². The number of benzene rings is 3. The van der Waals surface area contributed by atoms with E-state index in [2.05, 4.69) is 5.32 Å². The van der Waals surface area contributed by atoms with Gasteiger partial charge in [-0.3, -0.25) is 4.79 Å². The summed E-state index contributed by atoms with van der Waals surface area (Å²) >= 11 is 0. The molecule has 0 radical (unpaired) electrons. The second kappa shape index (κ2) is 13.7. The molecule has 37 heavy (non-hydrogen) atoms. The number of hydrogen-bond acceptors (Lipinski definition) is 7. The Bertz CT molecular complexity index is 1110. The summed E-state index contributed by atoms with van der Waals surface area (Å²) in [6.45, 7) is 0.877. The monoisotopic (exact) mass is 503 g/mol. The Labute approximate surface area is 217 Å². The van der Waals surface area contributed by atoms with Crippen LogP contribution in [0.5, 0.6) is 0 Å². The lowest BCUT2D eigenvalue weighted by Gasteiger charge is -2.26. The molecule has 1 fully saturated rings. The van der Waals surface area contributed by atoms with E-state index in [1.807, 2.05) is 66.7 Å². The van der Waals surface area contributed by atoms with Gasteiger partial charge in [-0.15, -0.1) is 0 Å². The van der Waals surface area contributed by atoms with Crippen LogP contribution in [-0.4, -0.2) is 49.9 Å². The molecule has 0 unspecified atom stereocenters.